The average molecular weight is 419 g/mol. The lowest BCUT2D eigenvalue weighted by Gasteiger charge is -2.17. The van der Waals surface area contributed by atoms with Crippen molar-refractivity contribution < 1.29 is 19.1 Å². The third-order valence-corrected chi connectivity index (χ3v) is 4.78. The molecule has 0 radical (unpaired) electrons. The van der Waals surface area contributed by atoms with Crippen LogP contribution >= 0.6 is 15.9 Å². The summed E-state index contributed by atoms with van der Waals surface area (Å²) in [5.74, 6) is 0.445. The van der Waals surface area contributed by atoms with Crippen LogP contribution in [-0.4, -0.2) is 32.6 Å². The Balaban J connectivity index is 1.72. The van der Waals surface area contributed by atoms with E-state index in [1.54, 1.807) is 30.2 Å². The summed E-state index contributed by atoms with van der Waals surface area (Å²) in [5, 5.41) is 2.85. The first-order chi connectivity index (χ1) is 12.5. The molecule has 2 amide bonds. The number of amides is 2. The van der Waals surface area contributed by atoms with Crippen molar-refractivity contribution in [3.8, 4) is 11.5 Å². The zero-order valence-corrected chi connectivity index (χ0v) is 16.1. The highest BCUT2D eigenvalue weighted by molar-refractivity contribution is 9.10. The van der Waals surface area contributed by atoms with Crippen LogP contribution in [0.5, 0.6) is 11.5 Å². The van der Waals surface area contributed by atoms with Gasteiger partial charge in [-0.2, -0.15) is 0 Å². The van der Waals surface area contributed by atoms with E-state index in [4.69, 9.17) is 9.47 Å². The number of halogens is 1. The molecular weight excluding hydrogens is 400 g/mol. The van der Waals surface area contributed by atoms with Gasteiger partial charge in [-0.1, -0.05) is 22.0 Å². The summed E-state index contributed by atoms with van der Waals surface area (Å²) in [6, 6.07) is 12.6. The summed E-state index contributed by atoms with van der Waals surface area (Å²) in [5.41, 5.74) is 1.33. The van der Waals surface area contributed by atoms with E-state index in [1.807, 2.05) is 24.3 Å². The van der Waals surface area contributed by atoms with E-state index in [9.17, 15) is 9.59 Å². The zero-order chi connectivity index (χ0) is 18.7. The van der Waals surface area contributed by atoms with Gasteiger partial charge in [-0.3, -0.25) is 9.59 Å². The highest BCUT2D eigenvalue weighted by Gasteiger charge is 2.35. The smallest absolute Gasteiger partial charge is 0.229 e. The predicted octanol–water partition coefficient (Wildman–Crippen LogP) is 3.46. The number of rotatable bonds is 5. The van der Waals surface area contributed by atoms with Gasteiger partial charge in [0.2, 0.25) is 11.8 Å². The fourth-order valence-electron chi connectivity index (χ4n) is 2.91. The highest BCUT2D eigenvalue weighted by Crippen LogP contribution is 2.31. The van der Waals surface area contributed by atoms with Crippen LogP contribution in [0.25, 0.3) is 0 Å². The van der Waals surface area contributed by atoms with Gasteiger partial charge in [-0.15, -0.1) is 0 Å². The molecule has 1 saturated heterocycles. The third-order valence-electron chi connectivity index (χ3n) is 4.28. The maximum absolute atomic E-state index is 12.6. The SMILES string of the molecule is COc1ccc(NC(=O)[C@@H]2CC(=O)N(c3cccc(Br)c3)C2)c(OC)c1. The first kappa shape index (κ1) is 18.3. The van der Waals surface area contributed by atoms with Gasteiger partial charge in [0.25, 0.3) is 0 Å². The van der Waals surface area contributed by atoms with Crippen LogP contribution in [0.2, 0.25) is 0 Å². The second-order valence-corrected chi connectivity index (χ2v) is 6.86. The van der Waals surface area contributed by atoms with E-state index in [0.29, 0.717) is 23.7 Å². The van der Waals surface area contributed by atoms with Crippen molar-refractivity contribution in [3.05, 3.63) is 46.9 Å². The van der Waals surface area contributed by atoms with Crippen LogP contribution in [0.1, 0.15) is 6.42 Å². The summed E-state index contributed by atoms with van der Waals surface area (Å²) < 4.78 is 11.3. The van der Waals surface area contributed by atoms with Crippen LogP contribution in [0.3, 0.4) is 0 Å². The summed E-state index contributed by atoms with van der Waals surface area (Å²) >= 11 is 3.40. The van der Waals surface area contributed by atoms with Crippen molar-refractivity contribution in [2.45, 2.75) is 6.42 Å². The van der Waals surface area contributed by atoms with Gasteiger partial charge < -0.3 is 19.7 Å². The minimum absolute atomic E-state index is 0.0649. The first-order valence-electron chi connectivity index (χ1n) is 8.10. The molecule has 1 heterocycles. The van der Waals surface area contributed by atoms with Gasteiger partial charge in [0.15, 0.2) is 0 Å². The molecule has 0 saturated carbocycles. The Labute approximate surface area is 160 Å². The van der Waals surface area contributed by atoms with Crippen LogP contribution < -0.4 is 19.7 Å². The summed E-state index contributed by atoms with van der Waals surface area (Å²) in [6.45, 7) is 0.347. The molecule has 1 aliphatic rings. The molecule has 1 N–H and O–H groups in total. The maximum atomic E-state index is 12.6. The highest BCUT2D eigenvalue weighted by atomic mass is 79.9. The Bertz CT molecular complexity index is 840. The number of nitrogens with zero attached hydrogens (tertiary/aromatic N) is 1. The fourth-order valence-corrected chi connectivity index (χ4v) is 3.30. The summed E-state index contributed by atoms with van der Waals surface area (Å²) in [6.07, 6.45) is 0.177. The van der Waals surface area contributed by atoms with Gasteiger partial charge >= 0.3 is 0 Å². The quantitative estimate of drug-likeness (QED) is 0.806. The van der Waals surface area contributed by atoms with Crippen LogP contribution in [-0.2, 0) is 9.59 Å². The number of ether oxygens (including phenoxy) is 2. The normalized spacial score (nSPS) is 16.5. The van der Waals surface area contributed by atoms with E-state index in [-0.39, 0.29) is 18.2 Å². The Morgan fingerprint density at radius 1 is 1.19 bits per heavy atom. The number of hydrogen-bond acceptors (Lipinski definition) is 4. The van der Waals surface area contributed by atoms with Crippen molar-refractivity contribution in [2.75, 3.05) is 31.0 Å². The Kier molecular flexibility index (Phi) is 5.46. The van der Waals surface area contributed by atoms with Crippen molar-refractivity contribution in [1.82, 2.24) is 0 Å². The van der Waals surface area contributed by atoms with Gasteiger partial charge in [0.1, 0.15) is 11.5 Å². The zero-order valence-electron chi connectivity index (χ0n) is 14.5. The summed E-state index contributed by atoms with van der Waals surface area (Å²) in [4.78, 5) is 26.6. The number of nitrogens with one attached hydrogen (secondary N) is 1. The van der Waals surface area contributed by atoms with Gasteiger partial charge in [0.05, 0.1) is 25.8 Å². The molecule has 7 heteroatoms. The Morgan fingerprint density at radius 3 is 2.69 bits per heavy atom. The van der Waals surface area contributed by atoms with Gasteiger partial charge in [0, 0.05) is 29.2 Å². The van der Waals surface area contributed by atoms with Crippen LogP contribution in [0, 0.1) is 5.92 Å². The average Bonchev–Trinajstić information content (AvgIpc) is 3.04. The molecule has 0 aromatic heterocycles. The fraction of sp³-hybridized carbons (Fsp3) is 0.263. The van der Waals surface area contributed by atoms with Crippen LogP contribution in [0.4, 0.5) is 11.4 Å². The molecule has 0 bridgehead atoms. The lowest BCUT2D eigenvalue weighted by Crippen LogP contribution is -2.28. The second kappa shape index (κ2) is 7.78. The maximum Gasteiger partial charge on any atom is 0.229 e. The number of benzene rings is 2. The minimum Gasteiger partial charge on any atom is -0.497 e. The number of anilines is 2. The first-order valence-corrected chi connectivity index (χ1v) is 8.90. The minimum atomic E-state index is -0.423. The van der Waals surface area contributed by atoms with E-state index < -0.39 is 5.92 Å². The molecule has 2 aromatic rings. The molecular formula is C19H19BrN2O4. The predicted molar refractivity (Wildman–Crippen MR) is 103 cm³/mol. The number of carbonyl (C=O) groups is 2. The van der Waals surface area contributed by atoms with E-state index in [1.165, 1.54) is 7.11 Å². The molecule has 6 nitrogen and oxygen atoms in total. The number of carbonyl (C=O) groups excluding carboxylic acids is 2. The van der Waals surface area contributed by atoms with E-state index in [2.05, 4.69) is 21.2 Å². The van der Waals surface area contributed by atoms with E-state index in [0.717, 1.165) is 10.2 Å². The van der Waals surface area contributed by atoms with Gasteiger partial charge in [-0.25, -0.2) is 0 Å². The molecule has 2 aromatic carbocycles. The molecule has 1 fully saturated rings. The molecule has 1 atom stereocenters. The Morgan fingerprint density at radius 2 is 2.00 bits per heavy atom. The standard InChI is InChI=1S/C19H19BrN2O4/c1-25-15-6-7-16(17(10-15)26-2)21-19(24)12-8-18(23)22(11-12)14-5-3-4-13(20)9-14/h3-7,9-10,12H,8,11H2,1-2H3,(H,21,24)/t12-/m1/s1. The summed E-state index contributed by atoms with van der Waals surface area (Å²) in [7, 11) is 3.09. The Hall–Kier alpha value is -2.54. The van der Waals surface area contributed by atoms with Crippen molar-refractivity contribution in [1.29, 1.82) is 0 Å². The van der Waals surface area contributed by atoms with Gasteiger partial charge in [-0.05, 0) is 30.3 Å². The lowest BCUT2D eigenvalue weighted by atomic mass is 10.1. The van der Waals surface area contributed by atoms with Crippen LogP contribution in [0.15, 0.2) is 46.9 Å². The molecule has 26 heavy (non-hydrogen) atoms. The number of hydrogen-bond donors (Lipinski definition) is 1. The topological polar surface area (TPSA) is 67.9 Å². The molecule has 0 aliphatic carbocycles. The van der Waals surface area contributed by atoms with Crippen molar-refractivity contribution in [2.24, 2.45) is 5.92 Å². The molecule has 136 valence electrons. The molecule has 3 rings (SSSR count). The van der Waals surface area contributed by atoms with Crippen molar-refractivity contribution >= 4 is 39.1 Å². The second-order valence-electron chi connectivity index (χ2n) is 5.94. The number of methoxy groups -OCH3 is 2. The largest absolute Gasteiger partial charge is 0.497 e. The lowest BCUT2D eigenvalue weighted by molar-refractivity contribution is -0.122. The molecule has 0 unspecified atom stereocenters. The molecule has 0 spiro atoms. The third kappa shape index (κ3) is 3.83. The van der Waals surface area contributed by atoms with Crippen molar-refractivity contribution in [3.63, 3.8) is 0 Å². The monoisotopic (exact) mass is 418 g/mol. The van der Waals surface area contributed by atoms with E-state index >= 15 is 0 Å². The molecule has 1 aliphatic heterocycles.